The third-order valence-electron chi connectivity index (χ3n) is 5.23. The number of benzene rings is 2. The molecule has 1 aliphatic heterocycles. The number of anilines is 2. The summed E-state index contributed by atoms with van der Waals surface area (Å²) in [4.78, 5) is 28.3. The second-order valence-electron chi connectivity index (χ2n) is 7.35. The van der Waals surface area contributed by atoms with Gasteiger partial charge in [-0.25, -0.2) is 9.18 Å². The molecule has 0 saturated heterocycles. The Kier molecular flexibility index (Phi) is 6.98. The molecule has 1 aliphatic rings. The first kappa shape index (κ1) is 22.6. The Bertz CT molecular complexity index is 1150. The number of amides is 3. The van der Waals surface area contributed by atoms with Gasteiger partial charge in [0.2, 0.25) is 0 Å². The summed E-state index contributed by atoms with van der Waals surface area (Å²) in [7, 11) is 0. The molecule has 0 unspecified atom stereocenters. The number of fused-ring (bicyclic) bond motifs is 1. The van der Waals surface area contributed by atoms with Crippen LogP contribution in [0.4, 0.5) is 20.6 Å². The summed E-state index contributed by atoms with van der Waals surface area (Å²) in [5.41, 5.74) is 2.00. The number of hydrogen-bond donors (Lipinski definition) is 2. The third kappa shape index (κ3) is 4.90. The molecular weight excluding hydrogens is 472 g/mol. The van der Waals surface area contributed by atoms with Crippen molar-refractivity contribution in [2.45, 2.75) is 25.8 Å². The van der Waals surface area contributed by atoms with Gasteiger partial charge in [0.25, 0.3) is 5.91 Å². The van der Waals surface area contributed by atoms with Crippen LogP contribution in [0.15, 0.2) is 47.8 Å². The molecule has 0 atom stereocenters. The number of rotatable bonds is 4. The number of para-hydroxylation sites is 1. The van der Waals surface area contributed by atoms with Gasteiger partial charge < -0.3 is 15.5 Å². The van der Waals surface area contributed by atoms with E-state index in [0.717, 1.165) is 24.9 Å². The van der Waals surface area contributed by atoms with Crippen LogP contribution in [0.2, 0.25) is 10.0 Å². The van der Waals surface area contributed by atoms with E-state index in [1.165, 1.54) is 23.1 Å². The molecule has 3 amide bonds. The minimum atomic E-state index is -0.629. The predicted molar refractivity (Wildman–Crippen MR) is 128 cm³/mol. The van der Waals surface area contributed by atoms with Crippen LogP contribution in [-0.2, 0) is 13.0 Å². The Morgan fingerprint density at radius 3 is 2.72 bits per heavy atom. The molecule has 2 heterocycles. The smallest absolute Gasteiger partial charge is 0.319 e. The Morgan fingerprint density at radius 2 is 1.94 bits per heavy atom. The second-order valence-corrected chi connectivity index (χ2v) is 9.17. The zero-order chi connectivity index (χ0) is 22.7. The number of thiophene rings is 1. The molecule has 32 heavy (non-hydrogen) atoms. The predicted octanol–water partition coefficient (Wildman–Crippen LogP) is 6.50. The molecule has 2 N–H and O–H groups in total. The first-order valence-electron chi connectivity index (χ1n) is 10.1. The molecule has 1 aromatic heterocycles. The average molecular weight is 492 g/mol. The quantitative estimate of drug-likeness (QED) is 0.437. The lowest BCUT2D eigenvalue weighted by Crippen LogP contribution is -2.31. The number of nitrogens with zero attached hydrogens (tertiary/aromatic N) is 1. The van der Waals surface area contributed by atoms with Gasteiger partial charge >= 0.3 is 6.03 Å². The normalized spacial score (nSPS) is 13.3. The minimum absolute atomic E-state index is 0.0936. The van der Waals surface area contributed by atoms with Crippen molar-refractivity contribution >= 4 is 57.9 Å². The number of carbonyl (C=O) groups is 2. The van der Waals surface area contributed by atoms with E-state index >= 15 is 0 Å². The molecule has 0 saturated carbocycles. The molecule has 166 valence electrons. The van der Waals surface area contributed by atoms with Crippen LogP contribution in [0.5, 0.6) is 0 Å². The zero-order valence-corrected chi connectivity index (χ0v) is 19.3. The monoisotopic (exact) mass is 491 g/mol. The number of aryl methyl sites for hydroxylation is 1. The van der Waals surface area contributed by atoms with Gasteiger partial charge in [0.05, 0.1) is 16.4 Å². The van der Waals surface area contributed by atoms with Crippen molar-refractivity contribution in [3.05, 3.63) is 79.7 Å². The van der Waals surface area contributed by atoms with Gasteiger partial charge in [-0.2, -0.15) is 0 Å². The molecule has 5 nitrogen and oxygen atoms in total. The maximum Gasteiger partial charge on any atom is 0.319 e. The van der Waals surface area contributed by atoms with Crippen molar-refractivity contribution in [2.75, 3.05) is 16.8 Å². The summed E-state index contributed by atoms with van der Waals surface area (Å²) in [5.74, 6) is -0.726. The van der Waals surface area contributed by atoms with Crippen molar-refractivity contribution in [1.29, 1.82) is 0 Å². The zero-order valence-electron chi connectivity index (χ0n) is 17.0. The number of halogens is 3. The number of hydrogen-bond acceptors (Lipinski definition) is 3. The topological polar surface area (TPSA) is 61.4 Å². The summed E-state index contributed by atoms with van der Waals surface area (Å²) >= 11 is 14.0. The van der Waals surface area contributed by atoms with Crippen molar-refractivity contribution in [3.8, 4) is 0 Å². The number of nitrogens with one attached hydrogen (secondary N) is 2. The van der Waals surface area contributed by atoms with E-state index in [-0.39, 0.29) is 23.2 Å². The SMILES string of the molecule is O=C(NCc1ccc(C(=O)N2CCCCc3sccc32)cc1Cl)Nc1c(F)cccc1Cl. The Balaban J connectivity index is 1.42. The highest BCUT2D eigenvalue weighted by atomic mass is 35.5. The molecule has 0 radical (unpaired) electrons. The molecule has 0 fully saturated rings. The van der Waals surface area contributed by atoms with E-state index in [1.807, 2.05) is 16.3 Å². The highest BCUT2D eigenvalue weighted by Crippen LogP contribution is 2.32. The molecule has 0 spiro atoms. The van der Waals surface area contributed by atoms with Crippen LogP contribution in [0.3, 0.4) is 0 Å². The van der Waals surface area contributed by atoms with Crippen LogP contribution < -0.4 is 15.5 Å². The fourth-order valence-electron chi connectivity index (χ4n) is 3.58. The van der Waals surface area contributed by atoms with E-state index in [1.54, 1.807) is 29.5 Å². The van der Waals surface area contributed by atoms with Crippen LogP contribution >= 0.6 is 34.5 Å². The first-order chi connectivity index (χ1) is 15.4. The van der Waals surface area contributed by atoms with E-state index in [2.05, 4.69) is 10.6 Å². The van der Waals surface area contributed by atoms with Gasteiger partial charge in [-0.05, 0) is 60.5 Å². The fraction of sp³-hybridized carbons (Fsp3) is 0.217. The maximum atomic E-state index is 13.8. The van der Waals surface area contributed by atoms with Crippen molar-refractivity contribution in [3.63, 3.8) is 0 Å². The van der Waals surface area contributed by atoms with Gasteiger partial charge in [0.1, 0.15) is 5.82 Å². The lowest BCUT2D eigenvalue weighted by molar-refractivity contribution is 0.0987. The second kappa shape index (κ2) is 9.90. The minimum Gasteiger partial charge on any atom is -0.334 e. The molecule has 2 aromatic carbocycles. The van der Waals surface area contributed by atoms with Crippen LogP contribution in [0.1, 0.15) is 33.6 Å². The molecule has 3 aromatic rings. The highest BCUT2D eigenvalue weighted by Gasteiger charge is 2.23. The first-order valence-corrected chi connectivity index (χ1v) is 11.7. The van der Waals surface area contributed by atoms with Crippen molar-refractivity contribution in [2.24, 2.45) is 0 Å². The number of carbonyl (C=O) groups excluding carboxylic acids is 2. The lowest BCUT2D eigenvalue weighted by Gasteiger charge is -2.21. The summed E-state index contributed by atoms with van der Waals surface area (Å²) in [5, 5.41) is 7.49. The van der Waals surface area contributed by atoms with E-state index < -0.39 is 11.8 Å². The molecule has 9 heteroatoms. The molecular formula is C23H20Cl2FN3O2S. The Hall–Kier alpha value is -2.61. The van der Waals surface area contributed by atoms with Crippen LogP contribution in [-0.4, -0.2) is 18.5 Å². The van der Waals surface area contributed by atoms with E-state index in [9.17, 15) is 14.0 Å². The summed E-state index contributed by atoms with van der Waals surface area (Å²) in [6, 6.07) is 10.5. The Labute approximate surface area is 199 Å². The Morgan fingerprint density at radius 1 is 1.09 bits per heavy atom. The molecule has 4 rings (SSSR count). The highest BCUT2D eigenvalue weighted by molar-refractivity contribution is 7.10. The summed E-state index contributed by atoms with van der Waals surface area (Å²) in [6.45, 7) is 0.770. The van der Waals surface area contributed by atoms with Gasteiger partial charge in [-0.15, -0.1) is 11.3 Å². The van der Waals surface area contributed by atoms with Crippen LogP contribution in [0.25, 0.3) is 0 Å². The van der Waals surface area contributed by atoms with Crippen molar-refractivity contribution < 1.29 is 14.0 Å². The molecule has 0 bridgehead atoms. The van der Waals surface area contributed by atoms with Gasteiger partial charge in [-0.3, -0.25) is 4.79 Å². The average Bonchev–Trinajstić information content (AvgIpc) is 3.14. The van der Waals surface area contributed by atoms with Gasteiger partial charge in [0.15, 0.2) is 0 Å². The third-order valence-corrected chi connectivity index (χ3v) is 6.87. The van der Waals surface area contributed by atoms with Crippen molar-refractivity contribution in [1.82, 2.24) is 5.32 Å². The van der Waals surface area contributed by atoms with E-state index in [0.29, 0.717) is 22.7 Å². The molecule has 0 aliphatic carbocycles. The fourth-order valence-corrected chi connectivity index (χ4v) is 4.96. The van der Waals surface area contributed by atoms with Crippen LogP contribution in [0, 0.1) is 5.82 Å². The largest absolute Gasteiger partial charge is 0.334 e. The number of urea groups is 1. The van der Waals surface area contributed by atoms with Gasteiger partial charge in [-0.1, -0.05) is 35.3 Å². The standard InChI is InChI=1S/C23H20Cl2FN3O2S/c24-16-4-3-5-18(26)21(16)28-23(31)27-13-15-8-7-14(12-17(15)25)22(30)29-10-2-1-6-20-19(29)9-11-32-20/h3-5,7-9,11-12H,1-2,6,10,13H2,(H2,27,28,31). The summed E-state index contributed by atoms with van der Waals surface area (Å²) < 4.78 is 13.8. The van der Waals surface area contributed by atoms with E-state index in [4.69, 9.17) is 23.2 Å². The summed E-state index contributed by atoms with van der Waals surface area (Å²) in [6.07, 6.45) is 3.00. The lowest BCUT2D eigenvalue weighted by atomic mass is 10.1. The van der Waals surface area contributed by atoms with Gasteiger partial charge in [0, 0.05) is 28.6 Å². The maximum absolute atomic E-state index is 13.8.